The zero-order valence-corrected chi connectivity index (χ0v) is 7.80. The van der Waals surface area contributed by atoms with Gasteiger partial charge in [-0.05, 0) is 24.6 Å². The zero-order valence-electron chi connectivity index (χ0n) is 6.98. The van der Waals surface area contributed by atoms with E-state index in [-0.39, 0.29) is 10.6 Å². The summed E-state index contributed by atoms with van der Waals surface area (Å²) in [6.07, 6.45) is 0. The lowest BCUT2D eigenvalue weighted by Gasteiger charge is -1.91. The van der Waals surface area contributed by atoms with E-state index in [0.29, 0.717) is 0 Å². The van der Waals surface area contributed by atoms with Crippen molar-refractivity contribution < 1.29 is 4.92 Å². The van der Waals surface area contributed by atoms with Crippen LogP contribution in [0, 0.1) is 17.0 Å². The summed E-state index contributed by atoms with van der Waals surface area (Å²) < 4.78 is 0.978. The van der Waals surface area contributed by atoms with Crippen molar-refractivity contribution in [2.75, 3.05) is 0 Å². The first-order chi connectivity index (χ1) is 6.18. The molecule has 0 amide bonds. The molecule has 4 heteroatoms. The number of rotatable bonds is 1. The van der Waals surface area contributed by atoms with Gasteiger partial charge >= 0.3 is 0 Å². The van der Waals surface area contributed by atoms with Crippen LogP contribution in [0.3, 0.4) is 0 Å². The summed E-state index contributed by atoms with van der Waals surface area (Å²) >= 11 is 1.41. The molecule has 0 aliphatic carbocycles. The van der Waals surface area contributed by atoms with Crippen molar-refractivity contribution in [2.45, 2.75) is 6.92 Å². The number of nitrogens with zero attached hydrogens (tertiary/aromatic N) is 1. The summed E-state index contributed by atoms with van der Waals surface area (Å²) in [6, 6.07) is 5.66. The lowest BCUT2D eigenvalue weighted by molar-refractivity contribution is -0.382. The van der Waals surface area contributed by atoms with Crippen molar-refractivity contribution in [2.24, 2.45) is 0 Å². The van der Waals surface area contributed by atoms with E-state index in [1.807, 2.05) is 19.1 Å². The smallest absolute Gasteiger partial charge is 0.258 e. The highest BCUT2D eigenvalue weighted by Gasteiger charge is 2.12. The van der Waals surface area contributed by atoms with Crippen LogP contribution in [0.1, 0.15) is 5.56 Å². The fourth-order valence-corrected chi connectivity index (χ4v) is 2.27. The molecule has 13 heavy (non-hydrogen) atoms. The minimum atomic E-state index is -0.339. The topological polar surface area (TPSA) is 43.1 Å². The van der Waals surface area contributed by atoms with Crippen LogP contribution in [0.25, 0.3) is 10.1 Å². The minimum Gasteiger partial charge on any atom is -0.258 e. The molecule has 0 spiro atoms. The van der Waals surface area contributed by atoms with Crippen molar-refractivity contribution in [3.05, 3.63) is 39.3 Å². The molecule has 0 unspecified atom stereocenters. The minimum absolute atomic E-state index is 0.208. The summed E-state index contributed by atoms with van der Waals surface area (Å²) in [5.41, 5.74) is 1.34. The summed E-state index contributed by atoms with van der Waals surface area (Å²) in [7, 11) is 0. The first kappa shape index (κ1) is 8.19. The fraction of sp³-hybridized carbons (Fsp3) is 0.111. The quantitative estimate of drug-likeness (QED) is 0.516. The maximum atomic E-state index is 10.6. The Kier molecular flexibility index (Phi) is 1.77. The van der Waals surface area contributed by atoms with Crippen LogP contribution < -0.4 is 0 Å². The number of fused-ring (bicyclic) bond motifs is 1. The maximum Gasteiger partial charge on any atom is 0.287 e. The normalized spacial score (nSPS) is 10.5. The van der Waals surface area contributed by atoms with Gasteiger partial charge in [-0.25, -0.2) is 0 Å². The van der Waals surface area contributed by atoms with Crippen molar-refractivity contribution in [1.82, 2.24) is 0 Å². The van der Waals surface area contributed by atoms with Gasteiger partial charge in [0, 0.05) is 4.70 Å². The number of hydrogen-bond donors (Lipinski definition) is 0. The van der Waals surface area contributed by atoms with Gasteiger partial charge in [-0.1, -0.05) is 6.07 Å². The Hall–Kier alpha value is -1.42. The Morgan fingerprint density at radius 1 is 1.46 bits per heavy atom. The summed E-state index contributed by atoms with van der Waals surface area (Å²) in [6.45, 7) is 1.98. The van der Waals surface area contributed by atoms with Crippen LogP contribution >= 0.6 is 11.3 Å². The molecule has 1 aromatic heterocycles. The van der Waals surface area contributed by atoms with E-state index in [0.717, 1.165) is 15.6 Å². The van der Waals surface area contributed by atoms with Gasteiger partial charge in [0.15, 0.2) is 0 Å². The highest BCUT2D eigenvalue weighted by molar-refractivity contribution is 7.17. The highest BCUT2D eigenvalue weighted by atomic mass is 32.1. The molecule has 0 aliphatic rings. The van der Waals surface area contributed by atoms with Gasteiger partial charge in [0.25, 0.3) is 5.69 Å². The third-order valence-corrected chi connectivity index (χ3v) is 2.84. The van der Waals surface area contributed by atoms with Crippen LogP contribution in [0.5, 0.6) is 0 Å². The van der Waals surface area contributed by atoms with Gasteiger partial charge in [-0.15, -0.1) is 11.3 Å². The lowest BCUT2D eigenvalue weighted by Crippen LogP contribution is -1.84. The van der Waals surface area contributed by atoms with E-state index in [1.54, 1.807) is 11.4 Å². The molecule has 0 N–H and O–H groups in total. The highest BCUT2D eigenvalue weighted by Crippen LogP contribution is 2.32. The predicted molar refractivity (Wildman–Crippen MR) is 53.2 cm³/mol. The molecule has 1 aromatic carbocycles. The first-order valence-electron chi connectivity index (χ1n) is 3.81. The summed E-state index contributed by atoms with van der Waals surface area (Å²) in [5.74, 6) is 0. The van der Waals surface area contributed by atoms with Gasteiger partial charge < -0.3 is 0 Å². The van der Waals surface area contributed by atoms with Crippen molar-refractivity contribution in [3.8, 4) is 0 Å². The van der Waals surface area contributed by atoms with Gasteiger partial charge in [0.2, 0.25) is 0 Å². The SMILES string of the molecule is Cc1ccc2c([N+](=O)[O-])csc2c1. The Balaban J connectivity index is 2.76. The number of thiophene rings is 1. The summed E-state index contributed by atoms with van der Waals surface area (Å²) in [4.78, 5) is 10.2. The molecule has 0 aliphatic heterocycles. The number of aryl methyl sites for hydroxylation is 1. The molecule has 0 bridgehead atoms. The van der Waals surface area contributed by atoms with Gasteiger partial charge in [-0.2, -0.15) is 0 Å². The van der Waals surface area contributed by atoms with Crippen LogP contribution in [0.15, 0.2) is 23.6 Å². The van der Waals surface area contributed by atoms with Crippen LogP contribution in [0.2, 0.25) is 0 Å². The standard InChI is InChI=1S/C9H7NO2S/c1-6-2-3-7-8(10(11)12)5-13-9(7)4-6/h2-5H,1H3. The summed E-state index contributed by atoms with van der Waals surface area (Å²) in [5, 5.41) is 12.9. The van der Waals surface area contributed by atoms with Crippen LogP contribution in [-0.2, 0) is 0 Å². The molecule has 3 nitrogen and oxygen atoms in total. The number of nitro groups is 1. The van der Waals surface area contributed by atoms with Crippen molar-refractivity contribution in [3.63, 3.8) is 0 Å². The third kappa shape index (κ3) is 1.29. The van der Waals surface area contributed by atoms with E-state index >= 15 is 0 Å². The van der Waals surface area contributed by atoms with Crippen molar-refractivity contribution >= 4 is 27.1 Å². The Morgan fingerprint density at radius 3 is 2.92 bits per heavy atom. The van der Waals surface area contributed by atoms with E-state index in [2.05, 4.69) is 0 Å². The molecule has 0 saturated carbocycles. The van der Waals surface area contributed by atoms with Crippen LogP contribution in [-0.4, -0.2) is 4.92 Å². The second-order valence-corrected chi connectivity index (χ2v) is 3.79. The van der Waals surface area contributed by atoms with E-state index in [1.165, 1.54) is 11.3 Å². The fourth-order valence-electron chi connectivity index (χ4n) is 1.26. The Morgan fingerprint density at radius 2 is 2.23 bits per heavy atom. The lowest BCUT2D eigenvalue weighted by atomic mass is 10.2. The van der Waals surface area contributed by atoms with E-state index in [4.69, 9.17) is 0 Å². The molecular weight excluding hydrogens is 186 g/mol. The van der Waals surface area contributed by atoms with Crippen molar-refractivity contribution in [1.29, 1.82) is 0 Å². The zero-order chi connectivity index (χ0) is 9.42. The number of benzene rings is 1. The molecule has 0 atom stereocenters. The second-order valence-electron chi connectivity index (χ2n) is 2.88. The number of hydrogen-bond acceptors (Lipinski definition) is 3. The third-order valence-electron chi connectivity index (χ3n) is 1.91. The van der Waals surface area contributed by atoms with Crippen LogP contribution in [0.4, 0.5) is 5.69 Å². The van der Waals surface area contributed by atoms with E-state index < -0.39 is 0 Å². The molecule has 2 aromatic rings. The monoisotopic (exact) mass is 193 g/mol. The predicted octanol–water partition coefficient (Wildman–Crippen LogP) is 3.12. The first-order valence-corrected chi connectivity index (χ1v) is 4.68. The maximum absolute atomic E-state index is 10.6. The van der Waals surface area contributed by atoms with Gasteiger partial charge in [-0.3, -0.25) is 10.1 Å². The molecule has 2 rings (SSSR count). The average Bonchev–Trinajstić information content (AvgIpc) is 2.46. The molecule has 66 valence electrons. The molecule has 0 fully saturated rings. The largest absolute Gasteiger partial charge is 0.287 e. The van der Waals surface area contributed by atoms with Gasteiger partial charge in [0.05, 0.1) is 15.7 Å². The van der Waals surface area contributed by atoms with E-state index in [9.17, 15) is 10.1 Å². The Labute approximate surface area is 78.8 Å². The second kappa shape index (κ2) is 2.81. The van der Waals surface area contributed by atoms with Gasteiger partial charge in [0.1, 0.15) is 0 Å². The molecule has 1 heterocycles. The molecule has 0 radical (unpaired) electrons. The Bertz CT molecular complexity index is 475. The molecule has 0 saturated heterocycles. The average molecular weight is 193 g/mol. The molecular formula is C9H7NO2S.